The summed E-state index contributed by atoms with van der Waals surface area (Å²) in [6.45, 7) is 7.68. The van der Waals surface area contributed by atoms with Gasteiger partial charge in [-0.3, -0.25) is 0 Å². The molecule has 3 aromatic rings. The first kappa shape index (κ1) is 16.5. The average molecular weight is 353 g/mol. The smallest absolute Gasteiger partial charge is 0.141 e. The van der Waals surface area contributed by atoms with Gasteiger partial charge in [0.1, 0.15) is 16.5 Å². The summed E-state index contributed by atoms with van der Waals surface area (Å²) < 4.78 is 5.95. The Morgan fingerprint density at radius 1 is 1.20 bits per heavy atom. The lowest BCUT2D eigenvalue weighted by Crippen LogP contribution is -2.23. The minimum absolute atomic E-state index is 0.563. The van der Waals surface area contributed by atoms with Gasteiger partial charge in [0.25, 0.3) is 0 Å². The molecule has 1 saturated heterocycles. The molecule has 1 unspecified atom stereocenters. The highest BCUT2D eigenvalue weighted by Gasteiger charge is 2.26. The fraction of sp³-hybridized carbons (Fsp3) is 0.400. The highest BCUT2D eigenvalue weighted by atomic mass is 32.1. The van der Waals surface area contributed by atoms with Crippen LogP contribution in [0.3, 0.4) is 0 Å². The van der Waals surface area contributed by atoms with E-state index in [0.717, 1.165) is 42.6 Å². The predicted octanol–water partition coefficient (Wildman–Crippen LogP) is 4.35. The molecule has 0 saturated carbocycles. The first-order valence-corrected chi connectivity index (χ1v) is 9.67. The Bertz CT molecular complexity index is 862. The van der Waals surface area contributed by atoms with E-state index in [1.807, 2.05) is 13.0 Å². The van der Waals surface area contributed by atoms with E-state index in [2.05, 4.69) is 46.5 Å². The van der Waals surface area contributed by atoms with Crippen LogP contribution in [0.1, 0.15) is 23.4 Å². The zero-order valence-electron chi connectivity index (χ0n) is 14.7. The molecule has 0 amide bonds. The van der Waals surface area contributed by atoms with Gasteiger partial charge >= 0.3 is 0 Å². The Morgan fingerprint density at radius 2 is 2.04 bits per heavy atom. The summed E-state index contributed by atoms with van der Waals surface area (Å²) >= 11 is 1.71. The van der Waals surface area contributed by atoms with Crippen LogP contribution in [0, 0.1) is 19.8 Å². The summed E-state index contributed by atoms with van der Waals surface area (Å²) in [6.07, 6.45) is 1.16. The molecule has 25 heavy (non-hydrogen) atoms. The van der Waals surface area contributed by atoms with Crippen molar-refractivity contribution in [1.29, 1.82) is 0 Å². The summed E-state index contributed by atoms with van der Waals surface area (Å²) in [5.74, 6) is 2.52. The molecule has 0 aliphatic carbocycles. The third-order valence-electron chi connectivity index (χ3n) is 4.76. The number of benzene rings is 1. The van der Waals surface area contributed by atoms with Crippen molar-refractivity contribution in [3.8, 4) is 0 Å². The fourth-order valence-electron chi connectivity index (χ4n) is 3.47. The molecule has 2 aromatic heterocycles. The van der Waals surface area contributed by atoms with Crippen LogP contribution in [-0.2, 0) is 11.3 Å². The maximum absolute atomic E-state index is 5.95. The maximum atomic E-state index is 5.95. The normalized spacial score (nSPS) is 17.5. The van der Waals surface area contributed by atoms with Crippen LogP contribution in [0.15, 0.2) is 35.7 Å². The highest BCUT2D eigenvalue weighted by Crippen LogP contribution is 2.34. The molecule has 4 rings (SSSR count). The lowest BCUT2D eigenvalue weighted by molar-refractivity contribution is 0.0929. The van der Waals surface area contributed by atoms with Crippen molar-refractivity contribution in [2.24, 2.45) is 5.92 Å². The van der Waals surface area contributed by atoms with Crippen molar-refractivity contribution in [1.82, 2.24) is 9.97 Å². The van der Waals surface area contributed by atoms with Crippen molar-refractivity contribution in [2.45, 2.75) is 26.9 Å². The van der Waals surface area contributed by atoms with Crippen LogP contribution in [0.5, 0.6) is 0 Å². The number of thiophene rings is 1. The van der Waals surface area contributed by atoms with Gasteiger partial charge in [-0.05, 0) is 36.8 Å². The number of rotatable bonds is 5. The van der Waals surface area contributed by atoms with Gasteiger partial charge in [-0.2, -0.15) is 0 Å². The monoisotopic (exact) mass is 353 g/mol. The van der Waals surface area contributed by atoms with Crippen LogP contribution in [0.4, 0.5) is 5.82 Å². The van der Waals surface area contributed by atoms with Gasteiger partial charge in [-0.15, -0.1) is 11.3 Å². The molecular weight excluding hydrogens is 330 g/mol. The molecule has 0 spiro atoms. The second-order valence-corrected chi connectivity index (χ2v) is 7.65. The van der Waals surface area contributed by atoms with Gasteiger partial charge in [-0.1, -0.05) is 30.3 Å². The largest absolute Gasteiger partial charge is 0.376 e. The highest BCUT2D eigenvalue weighted by molar-refractivity contribution is 7.17. The molecule has 0 bridgehead atoms. The van der Waals surface area contributed by atoms with Crippen LogP contribution in [-0.4, -0.2) is 29.7 Å². The Balaban J connectivity index is 1.42. The fourth-order valence-corrected chi connectivity index (χ4v) is 4.43. The van der Waals surface area contributed by atoms with Crippen LogP contribution in [0.2, 0.25) is 0 Å². The van der Waals surface area contributed by atoms with Gasteiger partial charge in [0.2, 0.25) is 0 Å². The summed E-state index contributed by atoms with van der Waals surface area (Å²) in [6, 6.07) is 10.4. The Morgan fingerprint density at radius 3 is 2.88 bits per heavy atom. The number of anilines is 1. The molecule has 1 aliphatic rings. The lowest BCUT2D eigenvalue weighted by atomic mass is 10.1. The van der Waals surface area contributed by atoms with E-state index < -0.39 is 0 Å². The molecule has 0 N–H and O–H groups in total. The van der Waals surface area contributed by atoms with Crippen molar-refractivity contribution in [2.75, 3.05) is 24.6 Å². The third kappa shape index (κ3) is 3.53. The van der Waals surface area contributed by atoms with Crippen LogP contribution >= 0.6 is 11.3 Å². The molecule has 1 aliphatic heterocycles. The standard InChI is InChI=1S/C20H23N3OS/c1-14-13-25-20-18(14)19(21-15(2)22-20)23-9-8-17(10-23)12-24-11-16-6-4-3-5-7-16/h3-7,13,17H,8-12H2,1-2H3. The van der Waals surface area contributed by atoms with Gasteiger partial charge in [0, 0.05) is 19.0 Å². The first-order chi connectivity index (χ1) is 12.2. The van der Waals surface area contributed by atoms with E-state index in [4.69, 9.17) is 9.72 Å². The average Bonchev–Trinajstić information content (AvgIpc) is 3.23. The maximum Gasteiger partial charge on any atom is 0.141 e. The molecule has 1 atom stereocenters. The predicted molar refractivity (Wildman–Crippen MR) is 103 cm³/mol. The van der Waals surface area contributed by atoms with Gasteiger partial charge in [0.05, 0.1) is 18.6 Å². The number of nitrogens with zero attached hydrogens (tertiary/aromatic N) is 3. The number of hydrogen-bond donors (Lipinski definition) is 0. The number of hydrogen-bond acceptors (Lipinski definition) is 5. The molecule has 1 fully saturated rings. The van der Waals surface area contributed by atoms with E-state index >= 15 is 0 Å². The van der Waals surface area contributed by atoms with Gasteiger partial charge in [-0.25, -0.2) is 9.97 Å². The Hall–Kier alpha value is -1.98. The summed E-state index contributed by atoms with van der Waals surface area (Å²) in [5, 5.41) is 3.40. The number of aryl methyl sites for hydroxylation is 2. The van der Waals surface area contributed by atoms with Crippen LogP contribution < -0.4 is 4.90 Å². The second kappa shape index (κ2) is 7.10. The molecular formula is C20H23N3OS. The molecule has 1 aromatic carbocycles. The van der Waals surface area contributed by atoms with Crippen molar-refractivity contribution in [3.05, 3.63) is 52.7 Å². The van der Waals surface area contributed by atoms with Crippen molar-refractivity contribution < 1.29 is 4.74 Å². The van der Waals surface area contributed by atoms with Crippen molar-refractivity contribution in [3.63, 3.8) is 0 Å². The van der Waals surface area contributed by atoms with E-state index in [1.165, 1.54) is 16.5 Å². The summed E-state index contributed by atoms with van der Waals surface area (Å²) in [7, 11) is 0. The van der Waals surface area contributed by atoms with E-state index in [0.29, 0.717) is 12.5 Å². The quantitative estimate of drug-likeness (QED) is 0.683. The summed E-state index contributed by atoms with van der Waals surface area (Å²) in [4.78, 5) is 12.9. The van der Waals surface area contributed by atoms with Crippen LogP contribution in [0.25, 0.3) is 10.2 Å². The third-order valence-corrected chi connectivity index (χ3v) is 5.75. The van der Waals surface area contributed by atoms with Gasteiger partial charge in [0.15, 0.2) is 0 Å². The SMILES string of the molecule is Cc1nc(N2CCC(COCc3ccccc3)C2)c2c(C)csc2n1. The summed E-state index contributed by atoms with van der Waals surface area (Å²) in [5.41, 5.74) is 2.51. The topological polar surface area (TPSA) is 38.2 Å². The number of ether oxygens (including phenoxy) is 1. The second-order valence-electron chi connectivity index (χ2n) is 6.79. The van der Waals surface area contributed by atoms with E-state index in [-0.39, 0.29) is 0 Å². The zero-order valence-corrected chi connectivity index (χ0v) is 15.6. The van der Waals surface area contributed by atoms with Gasteiger partial charge < -0.3 is 9.64 Å². The molecule has 5 heteroatoms. The number of fused-ring (bicyclic) bond motifs is 1. The molecule has 3 heterocycles. The van der Waals surface area contributed by atoms with E-state index in [1.54, 1.807) is 11.3 Å². The van der Waals surface area contributed by atoms with Crippen molar-refractivity contribution >= 4 is 27.4 Å². The minimum atomic E-state index is 0.563. The first-order valence-electron chi connectivity index (χ1n) is 8.80. The molecule has 130 valence electrons. The minimum Gasteiger partial charge on any atom is -0.376 e. The zero-order chi connectivity index (χ0) is 17.2. The van der Waals surface area contributed by atoms with E-state index in [9.17, 15) is 0 Å². The lowest BCUT2D eigenvalue weighted by Gasteiger charge is -2.19. The Labute approximate surface area is 152 Å². The molecule has 4 nitrogen and oxygen atoms in total. The number of aromatic nitrogens is 2. The molecule has 0 radical (unpaired) electrons. The Kier molecular flexibility index (Phi) is 4.68.